The molecule has 3 nitrogen and oxygen atoms in total. The molecule has 0 spiro atoms. The van der Waals surface area contributed by atoms with Crippen LogP contribution < -0.4 is 11.5 Å². The maximum Gasteiger partial charge on any atom is 0.251 e. The van der Waals surface area contributed by atoms with Gasteiger partial charge in [0.05, 0.1) is 11.3 Å². The van der Waals surface area contributed by atoms with E-state index >= 15 is 0 Å². The highest BCUT2D eigenvalue weighted by molar-refractivity contribution is 6.03. The lowest BCUT2D eigenvalue weighted by Gasteiger charge is -2.12. The minimum atomic E-state index is -0.487. The van der Waals surface area contributed by atoms with E-state index in [1.54, 1.807) is 0 Å². The highest BCUT2D eigenvalue weighted by Gasteiger charge is 2.13. The molecule has 0 saturated carbocycles. The van der Waals surface area contributed by atoms with Crippen molar-refractivity contribution in [3.8, 4) is 11.1 Å². The number of primary amides is 1. The lowest BCUT2D eigenvalue weighted by atomic mass is 9.96. The van der Waals surface area contributed by atoms with E-state index < -0.39 is 5.91 Å². The van der Waals surface area contributed by atoms with Crippen LogP contribution in [0.4, 0.5) is 5.69 Å². The third-order valence-corrected chi connectivity index (χ3v) is 3.06. The standard InChI is InChI=1S/C15H16N2O/c1-9-3-6-11(7-4-9)12-8-5-10(2)13(14(12)16)15(17)18/h3-8H,16H2,1-2H3,(H2,17,18). The molecule has 0 atom stereocenters. The van der Waals surface area contributed by atoms with Gasteiger partial charge in [0.2, 0.25) is 0 Å². The molecule has 0 bridgehead atoms. The molecule has 0 unspecified atom stereocenters. The number of aryl methyl sites for hydroxylation is 2. The van der Waals surface area contributed by atoms with Crippen LogP contribution in [0.2, 0.25) is 0 Å². The minimum absolute atomic E-state index is 0.410. The van der Waals surface area contributed by atoms with Crippen LogP contribution in [0.3, 0.4) is 0 Å². The molecule has 2 aromatic carbocycles. The average Bonchev–Trinajstić information content (AvgIpc) is 2.30. The lowest BCUT2D eigenvalue weighted by Crippen LogP contribution is -2.15. The first-order valence-electron chi connectivity index (χ1n) is 5.76. The molecule has 18 heavy (non-hydrogen) atoms. The minimum Gasteiger partial charge on any atom is -0.398 e. The second kappa shape index (κ2) is 4.53. The van der Waals surface area contributed by atoms with Crippen molar-refractivity contribution in [1.29, 1.82) is 0 Å². The zero-order valence-corrected chi connectivity index (χ0v) is 10.5. The summed E-state index contributed by atoms with van der Waals surface area (Å²) in [4.78, 5) is 11.4. The Morgan fingerprint density at radius 1 is 1.00 bits per heavy atom. The largest absolute Gasteiger partial charge is 0.398 e. The Morgan fingerprint density at radius 3 is 2.17 bits per heavy atom. The highest BCUT2D eigenvalue weighted by atomic mass is 16.1. The second-order valence-corrected chi connectivity index (χ2v) is 4.45. The molecular weight excluding hydrogens is 224 g/mol. The molecular formula is C15H16N2O. The number of nitrogen functional groups attached to an aromatic ring is 1. The van der Waals surface area contributed by atoms with Crippen molar-refractivity contribution in [2.45, 2.75) is 13.8 Å². The molecule has 0 fully saturated rings. The van der Waals surface area contributed by atoms with Crippen molar-refractivity contribution < 1.29 is 4.79 Å². The van der Waals surface area contributed by atoms with Gasteiger partial charge in [-0.2, -0.15) is 0 Å². The summed E-state index contributed by atoms with van der Waals surface area (Å²) in [6.07, 6.45) is 0. The monoisotopic (exact) mass is 240 g/mol. The third kappa shape index (κ3) is 2.07. The van der Waals surface area contributed by atoms with Crippen LogP contribution in [0.1, 0.15) is 21.5 Å². The van der Waals surface area contributed by atoms with E-state index in [2.05, 4.69) is 0 Å². The summed E-state index contributed by atoms with van der Waals surface area (Å²) in [6, 6.07) is 11.8. The van der Waals surface area contributed by atoms with Crippen LogP contribution >= 0.6 is 0 Å². The maximum absolute atomic E-state index is 11.4. The van der Waals surface area contributed by atoms with Crippen molar-refractivity contribution in [3.63, 3.8) is 0 Å². The molecule has 2 rings (SSSR count). The topological polar surface area (TPSA) is 69.1 Å². The summed E-state index contributed by atoms with van der Waals surface area (Å²) in [5.41, 5.74) is 16.1. The van der Waals surface area contributed by atoms with Crippen molar-refractivity contribution in [1.82, 2.24) is 0 Å². The number of nitrogens with two attached hydrogens (primary N) is 2. The van der Waals surface area contributed by atoms with Crippen molar-refractivity contribution >= 4 is 11.6 Å². The first kappa shape index (κ1) is 12.2. The van der Waals surface area contributed by atoms with E-state index in [-0.39, 0.29) is 0 Å². The Labute approximate surface area is 106 Å². The van der Waals surface area contributed by atoms with E-state index in [0.29, 0.717) is 11.3 Å². The summed E-state index contributed by atoms with van der Waals surface area (Å²) < 4.78 is 0. The van der Waals surface area contributed by atoms with Gasteiger partial charge in [0.25, 0.3) is 5.91 Å². The van der Waals surface area contributed by atoms with Crippen LogP contribution in [0.15, 0.2) is 36.4 Å². The van der Waals surface area contributed by atoms with Crippen LogP contribution in [-0.4, -0.2) is 5.91 Å². The smallest absolute Gasteiger partial charge is 0.251 e. The zero-order valence-electron chi connectivity index (χ0n) is 10.5. The maximum atomic E-state index is 11.4. The number of hydrogen-bond donors (Lipinski definition) is 2. The van der Waals surface area contributed by atoms with E-state index in [9.17, 15) is 4.79 Å². The Bertz CT molecular complexity index is 601. The molecule has 0 aliphatic heterocycles. The predicted molar refractivity (Wildman–Crippen MR) is 74.3 cm³/mol. The Morgan fingerprint density at radius 2 is 1.61 bits per heavy atom. The van der Waals surface area contributed by atoms with Gasteiger partial charge in [0.15, 0.2) is 0 Å². The van der Waals surface area contributed by atoms with Crippen LogP contribution in [0, 0.1) is 13.8 Å². The summed E-state index contributed by atoms with van der Waals surface area (Å²) in [5, 5.41) is 0. The summed E-state index contributed by atoms with van der Waals surface area (Å²) in [6.45, 7) is 3.85. The van der Waals surface area contributed by atoms with Gasteiger partial charge in [-0.05, 0) is 25.0 Å². The molecule has 92 valence electrons. The van der Waals surface area contributed by atoms with Gasteiger partial charge in [-0.1, -0.05) is 42.0 Å². The number of carbonyl (C=O) groups is 1. The van der Waals surface area contributed by atoms with Crippen molar-refractivity contribution in [2.75, 3.05) is 5.73 Å². The number of carbonyl (C=O) groups excluding carboxylic acids is 1. The fourth-order valence-corrected chi connectivity index (χ4v) is 2.04. The molecule has 0 aliphatic carbocycles. The summed E-state index contributed by atoms with van der Waals surface area (Å²) >= 11 is 0. The van der Waals surface area contributed by atoms with Gasteiger partial charge in [0.1, 0.15) is 0 Å². The van der Waals surface area contributed by atoms with Crippen molar-refractivity contribution in [3.05, 3.63) is 53.1 Å². The molecule has 0 aliphatic rings. The van der Waals surface area contributed by atoms with Crippen LogP contribution in [-0.2, 0) is 0 Å². The average molecular weight is 240 g/mol. The Hall–Kier alpha value is -2.29. The fourth-order valence-electron chi connectivity index (χ4n) is 2.04. The first-order valence-corrected chi connectivity index (χ1v) is 5.76. The SMILES string of the molecule is Cc1ccc(-c2ccc(C)c(C(N)=O)c2N)cc1. The third-order valence-electron chi connectivity index (χ3n) is 3.06. The quantitative estimate of drug-likeness (QED) is 0.792. The van der Waals surface area contributed by atoms with Crippen LogP contribution in [0.25, 0.3) is 11.1 Å². The molecule has 1 amide bonds. The van der Waals surface area contributed by atoms with Crippen molar-refractivity contribution in [2.24, 2.45) is 5.73 Å². The van der Waals surface area contributed by atoms with Gasteiger partial charge in [-0.3, -0.25) is 4.79 Å². The number of amides is 1. The van der Waals surface area contributed by atoms with E-state index in [1.807, 2.05) is 50.2 Å². The normalized spacial score (nSPS) is 10.3. The molecule has 0 aromatic heterocycles. The van der Waals surface area contributed by atoms with E-state index in [4.69, 9.17) is 11.5 Å². The molecule has 4 N–H and O–H groups in total. The Balaban J connectivity index is 2.62. The number of benzene rings is 2. The lowest BCUT2D eigenvalue weighted by molar-refractivity contribution is 0.100. The van der Waals surface area contributed by atoms with Gasteiger partial charge >= 0.3 is 0 Å². The number of anilines is 1. The highest BCUT2D eigenvalue weighted by Crippen LogP contribution is 2.30. The van der Waals surface area contributed by atoms with Gasteiger partial charge in [0, 0.05) is 5.56 Å². The predicted octanol–water partition coefficient (Wildman–Crippen LogP) is 2.65. The fraction of sp³-hybridized carbons (Fsp3) is 0.133. The molecule has 0 heterocycles. The summed E-state index contributed by atoms with van der Waals surface area (Å²) in [5.74, 6) is -0.487. The molecule has 3 heteroatoms. The van der Waals surface area contributed by atoms with E-state index in [0.717, 1.165) is 16.7 Å². The summed E-state index contributed by atoms with van der Waals surface area (Å²) in [7, 11) is 0. The Kier molecular flexibility index (Phi) is 3.06. The number of hydrogen-bond acceptors (Lipinski definition) is 2. The van der Waals surface area contributed by atoms with Crippen LogP contribution in [0.5, 0.6) is 0 Å². The van der Waals surface area contributed by atoms with E-state index in [1.165, 1.54) is 5.56 Å². The van der Waals surface area contributed by atoms with Gasteiger partial charge in [-0.25, -0.2) is 0 Å². The molecule has 0 saturated heterocycles. The van der Waals surface area contributed by atoms with Gasteiger partial charge < -0.3 is 11.5 Å². The first-order chi connectivity index (χ1) is 8.50. The second-order valence-electron chi connectivity index (χ2n) is 4.45. The molecule has 2 aromatic rings. The number of rotatable bonds is 2. The zero-order chi connectivity index (χ0) is 13.3. The van der Waals surface area contributed by atoms with Gasteiger partial charge in [-0.15, -0.1) is 0 Å². The molecule has 0 radical (unpaired) electrons.